The van der Waals surface area contributed by atoms with Crippen molar-refractivity contribution >= 4 is 32.7 Å². The molecule has 0 spiro atoms. The number of rotatable bonds is 7. The van der Waals surface area contributed by atoms with Crippen LogP contribution in [0.2, 0.25) is 5.02 Å². The fraction of sp³-hybridized carbons (Fsp3) is 0.409. The molecule has 2 aromatic carbocycles. The molecule has 30 heavy (non-hydrogen) atoms. The fourth-order valence-electron chi connectivity index (χ4n) is 4.04. The van der Waals surface area contributed by atoms with Crippen molar-refractivity contribution in [3.63, 3.8) is 0 Å². The smallest absolute Gasteiger partial charge is 0.243 e. The third kappa shape index (κ3) is 4.39. The molecular formula is C22H25ClN2O4S. The van der Waals surface area contributed by atoms with E-state index in [1.165, 1.54) is 0 Å². The van der Waals surface area contributed by atoms with Crippen molar-refractivity contribution in [1.29, 1.82) is 0 Å². The second-order valence-corrected chi connectivity index (χ2v) is 9.97. The summed E-state index contributed by atoms with van der Waals surface area (Å²) in [7, 11) is -3.71. The Labute approximate surface area is 181 Å². The van der Waals surface area contributed by atoms with Crippen molar-refractivity contribution in [1.82, 2.24) is 9.29 Å². The molecule has 0 aliphatic heterocycles. The molecule has 1 aromatic heterocycles. The van der Waals surface area contributed by atoms with Crippen LogP contribution in [0.15, 0.2) is 51.8 Å². The van der Waals surface area contributed by atoms with Crippen LogP contribution in [-0.4, -0.2) is 42.0 Å². The zero-order chi connectivity index (χ0) is 21.1. The first kappa shape index (κ1) is 21.3. The number of aromatic nitrogens is 1. The van der Waals surface area contributed by atoms with Crippen LogP contribution in [-0.2, 0) is 10.0 Å². The van der Waals surface area contributed by atoms with Crippen molar-refractivity contribution in [3.05, 3.63) is 47.5 Å². The molecule has 4 rings (SSSR count). The lowest BCUT2D eigenvalue weighted by molar-refractivity contribution is 0.222. The van der Waals surface area contributed by atoms with Gasteiger partial charge < -0.3 is 9.52 Å². The molecule has 0 unspecified atom stereocenters. The lowest BCUT2D eigenvalue weighted by atomic mass is 9.95. The van der Waals surface area contributed by atoms with Crippen LogP contribution in [0.1, 0.15) is 38.5 Å². The summed E-state index contributed by atoms with van der Waals surface area (Å²) in [6.07, 6.45) is 5.33. The van der Waals surface area contributed by atoms with E-state index in [0.29, 0.717) is 40.5 Å². The van der Waals surface area contributed by atoms with Gasteiger partial charge in [0, 0.05) is 29.8 Å². The van der Waals surface area contributed by atoms with E-state index in [1.54, 1.807) is 46.8 Å². The van der Waals surface area contributed by atoms with Gasteiger partial charge in [0.1, 0.15) is 5.52 Å². The van der Waals surface area contributed by atoms with Crippen LogP contribution in [0.5, 0.6) is 0 Å². The highest BCUT2D eigenvalue weighted by Crippen LogP contribution is 2.31. The lowest BCUT2D eigenvalue weighted by Gasteiger charge is -2.33. The van der Waals surface area contributed by atoms with Gasteiger partial charge in [0.2, 0.25) is 15.9 Å². The van der Waals surface area contributed by atoms with E-state index in [0.717, 1.165) is 32.1 Å². The van der Waals surface area contributed by atoms with Gasteiger partial charge in [-0.3, -0.25) is 0 Å². The molecule has 0 bridgehead atoms. The molecule has 1 fully saturated rings. The first-order valence-electron chi connectivity index (χ1n) is 10.3. The first-order chi connectivity index (χ1) is 14.5. The molecule has 8 heteroatoms. The summed E-state index contributed by atoms with van der Waals surface area (Å²) in [6.45, 7) is 0.277. The van der Waals surface area contributed by atoms with E-state index in [2.05, 4.69) is 4.98 Å². The summed E-state index contributed by atoms with van der Waals surface area (Å²) in [5.41, 5.74) is 1.81. The van der Waals surface area contributed by atoms with Crippen molar-refractivity contribution in [2.75, 3.05) is 13.2 Å². The summed E-state index contributed by atoms with van der Waals surface area (Å²) in [6, 6.07) is 11.9. The number of nitrogens with zero attached hydrogens (tertiary/aromatic N) is 2. The van der Waals surface area contributed by atoms with Crippen LogP contribution in [0.3, 0.4) is 0 Å². The first-order valence-corrected chi connectivity index (χ1v) is 12.1. The van der Waals surface area contributed by atoms with E-state index in [4.69, 9.17) is 16.0 Å². The number of aliphatic hydroxyl groups is 1. The summed E-state index contributed by atoms with van der Waals surface area (Å²) >= 11 is 6.02. The van der Waals surface area contributed by atoms with Gasteiger partial charge in [-0.2, -0.15) is 4.31 Å². The standard InChI is InChI=1S/C22H25ClN2O4S/c23-17-10-11-21-20(15-17)24-22(29-21)16-6-4-9-19(14-16)30(27,28)25(12-5-13-26)18-7-2-1-3-8-18/h4,6,9-11,14-15,18,26H,1-3,5,7-8,12-13H2. The normalized spacial score (nSPS) is 15.8. The Bertz CT molecular complexity index is 1120. The molecule has 3 aromatic rings. The molecule has 1 aliphatic carbocycles. The van der Waals surface area contributed by atoms with Crippen molar-refractivity contribution in [3.8, 4) is 11.5 Å². The minimum atomic E-state index is -3.71. The van der Waals surface area contributed by atoms with E-state index in [-0.39, 0.29) is 17.5 Å². The highest BCUT2D eigenvalue weighted by molar-refractivity contribution is 7.89. The monoisotopic (exact) mass is 448 g/mol. The fourth-order valence-corrected chi connectivity index (χ4v) is 5.98. The molecule has 0 saturated heterocycles. The topological polar surface area (TPSA) is 83.6 Å². The molecule has 0 atom stereocenters. The second kappa shape index (κ2) is 9.06. The molecule has 1 saturated carbocycles. The van der Waals surface area contributed by atoms with Gasteiger partial charge >= 0.3 is 0 Å². The Kier molecular flexibility index (Phi) is 6.43. The predicted octanol–water partition coefficient (Wildman–Crippen LogP) is 4.85. The Hall–Kier alpha value is -1.93. The highest BCUT2D eigenvalue weighted by atomic mass is 35.5. The molecule has 160 valence electrons. The molecule has 0 radical (unpaired) electrons. The van der Waals surface area contributed by atoms with Crippen molar-refractivity contribution in [2.45, 2.75) is 49.5 Å². The summed E-state index contributed by atoms with van der Waals surface area (Å²) in [4.78, 5) is 4.67. The van der Waals surface area contributed by atoms with Crippen LogP contribution in [0, 0.1) is 0 Å². The number of hydrogen-bond donors (Lipinski definition) is 1. The lowest BCUT2D eigenvalue weighted by Crippen LogP contribution is -2.42. The largest absolute Gasteiger partial charge is 0.436 e. The predicted molar refractivity (Wildman–Crippen MR) is 117 cm³/mol. The van der Waals surface area contributed by atoms with E-state index >= 15 is 0 Å². The van der Waals surface area contributed by atoms with Crippen LogP contribution in [0.25, 0.3) is 22.6 Å². The SMILES string of the molecule is O=S(=O)(c1cccc(-c2nc3cc(Cl)ccc3o2)c1)N(CCCO)C1CCCCC1. The number of halogens is 1. The summed E-state index contributed by atoms with van der Waals surface area (Å²) in [5, 5.41) is 9.84. The number of aliphatic hydroxyl groups excluding tert-OH is 1. The van der Waals surface area contributed by atoms with Gasteiger partial charge in [-0.15, -0.1) is 0 Å². The van der Waals surface area contributed by atoms with Crippen LogP contribution < -0.4 is 0 Å². The van der Waals surface area contributed by atoms with Crippen LogP contribution >= 0.6 is 11.6 Å². The molecule has 0 amide bonds. The van der Waals surface area contributed by atoms with Crippen LogP contribution in [0.4, 0.5) is 0 Å². The maximum absolute atomic E-state index is 13.5. The molecule has 6 nitrogen and oxygen atoms in total. The average molecular weight is 449 g/mol. The average Bonchev–Trinajstić information content (AvgIpc) is 3.18. The molecule has 1 heterocycles. The minimum Gasteiger partial charge on any atom is -0.436 e. The number of oxazole rings is 1. The van der Waals surface area contributed by atoms with Gasteiger partial charge in [0.05, 0.1) is 4.90 Å². The number of sulfonamides is 1. The Morgan fingerprint density at radius 3 is 2.70 bits per heavy atom. The molecular weight excluding hydrogens is 424 g/mol. The zero-order valence-corrected chi connectivity index (χ0v) is 18.2. The van der Waals surface area contributed by atoms with E-state index in [1.807, 2.05) is 0 Å². The molecule has 1 aliphatic rings. The van der Waals surface area contributed by atoms with Gasteiger partial charge in [-0.05, 0) is 55.7 Å². The third-order valence-electron chi connectivity index (χ3n) is 5.56. The second-order valence-electron chi connectivity index (χ2n) is 7.64. The summed E-state index contributed by atoms with van der Waals surface area (Å²) < 4.78 is 34.4. The van der Waals surface area contributed by atoms with Gasteiger partial charge in [-0.1, -0.05) is 36.9 Å². The van der Waals surface area contributed by atoms with Crippen molar-refractivity contribution in [2.24, 2.45) is 0 Å². The Morgan fingerprint density at radius 2 is 1.93 bits per heavy atom. The number of benzene rings is 2. The summed E-state index contributed by atoms with van der Waals surface area (Å²) in [5.74, 6) is 0.351. The van der Waals surface area contributed by atoms with Crippen molar-refractivity contribution < 1.29 is 17.9 Å². The van der Waals surface area contributed by atoms with Gasteiger partial charge in [0.25, 0.3) is 0 Å². The number of fused-ring (bicyclic) bond motifs is 1. The molecule has 1 N–H and O–H groups in total. The van der Waals surface area contributed by atoms with E-state index in [9.17, 15) is 13.5 Å². The minimum absolute atomic E-state index is 0.0228. The zero-order valence-electron chi connectivity index (χ0n) is 16.6. The number of hydrogen-bond acceptors (Lipinski definition) is 5. The maximum Gasteiger partial charge on any atom is 0.243 e. The van der Waals surface area contributed by atoms with Gasteiger partial charge in [-0.25, -0.2) is 13.4 Å². The third-order valence-corrected chi connectivity index (χ3v) is 7.74. The van der Waals surface area contributed by atoms with E-state index < -0.39 is 10.0 Å². The highest BCUT2D eigenvalue weighted by Gasteiger charge is 2.32. The quantitative estimate of drug-likeness (QED) is 0.558. The Balaban J connectivity index is 1.69. The maximum atomic E-state index is 13.5. The Morgan fingerprint density at radius 1 is 1.13 bits per heavy atom. The van der Waals surface area contributed by atoms with Gasteiger partial charge in [0.15, 0.2) is 5.58 Å².